The molecule has 0 spiro atoms. The number of carbonyl (C=O) groups excluding carboxylic acids is 3. The Kier molecular flexibility index (Phi) is 6.14. The quantitative estimate of drug-likeness (QED) is 0.335. The van der Waals surface area contributed by atoms with Gasteiger partial charge in [-0.2, -0.15) is 0 Å². The molecule has 1 aliphatic heterocycles. The highest BCUT2D eigenvalue weighted by molar-refractivity contribution is 5.98. The molecule has 1 aromatic rings. The van der Waals surface area contributed by atoms with Crippen LogP contribution in [-0.2, 0) is 14.3 Å². The van der Waals surface area contributed by atoms with E-state index in [-0.39, 0.29) is 11.3 Å². The van der Waals surface area contributed by atoms with Crippen molar-refractivity contribution in [3.63, 3.8) is 0 Å². The van der Waals surface area contributed by atoms with Crippen molar-refractivity contribution in [1.82, 2.24) is 4.90 Å². The monoisotopic (exact) mass is 378 g/mol. The summed E-state index contributed by atoms with van der Waals surface area (Å²) in [5.41, 5.74) is -0.835. The third-order valence-corrected chi connectivity index (χ3v) is 3.88. The van der Waals surface area contributed by atoms with E-state index in [1.807, 2.05) is 0 Å². The molecule has 0 N–H and O–H groups in total. The van der Waals surface area contributed by atoms with E-state index in [0.29, 0.717) is 19.4 Å². The van der Waals surface area contributed by atoms with Gasteiger partial charge in [-0.3, -0.25) is 19.8 Å². The van der Waals surface area contributed by atoms with Crippen molar-refractivity contribution < 1.29 is 28.8 Å². The number of amides is 1. The largest absolute Gasteiger partial charge is 0.456 e. The molecule has 0 radical (unpaired) electrons. The molecule has 9 heteroatoms. The van der Waals surface area contributed by atoms with Crippen molar-refractivity contribution in [1.29, 1.82) is 0 Å². The van der Waals surface area contributed by atoms with Gasteiger partial charge < -0.3 is 9.47 Å². The van der Waals surface area contributed by atoms with Crippen molar-refractivity contribution in [2.75, 3.05) is 13.2 Å². The molecule has 0 bridgehead atoms. The Bertz CT molecular complexity index is 754. The predicted octanol–water partition coefficient (Wildman–Crippen LogP) is 2.72. The second-order valence-corrected chi connectivity index (χ2v) is 7.17. The maximum atomic E-state index is 12.3. The number of ether oxygens (including phenoxy) is 2. The average Bonchev–Trinajstić information content (AvgIpc) is 3.08. The summed E-state index contributed by atoms with van der Waals surface area (Å²) in [7, 11) is 0. The first-order valence-corrected chi connectivity index (χ1v) is 8.52. The van der Waals surface area contributed by atoms with E-state index in [0.717, 1.165) is 6.07 Å². The summed E-state index contributed by atoms with van der Waals surface area (Å²) in [6.45, 7) is 5.00. The van der Waals surface area contributed by atoms with Gasteiger partial charge in [0.15, 0.2) is 6.61 Å². The summed E-state index contributed by atoms with van der Waals surface area (Å²) >= 11 is 0. The van der Waals surface area contributed by atoms with E-state index in [2.05, 4.69) is 0 Å². The minimum absolute atomic E-state index is 0.0763. The molecule has 9 nitrogen and oxygen atoms in total. The number of nitro benzene ring substituents is 1. The van der Waals surface area contributed by atoms with E-state index in [1.54, 1.807) is 20.8 Å². The van der Waals surface area contributed by atoms with Gasteiger partial charge in [0, 0.05) is 24.2 Å². The minimum Gasteiger partial charge on any atom is -0.456 e. The van der Waals surface area contributed by atoms with Crippen molar-refractivity contribution in [2.45, 2.75) is 45.3 Å². The predicted molar refractivity (Wildman–Crippen MR) is 94.3 cm³/mol. The van der Waals surface area contributed by atoms with Crippen LogP contribution in [-0.4, -0.2) is 52.5 Å². The Morgan fingerprint density at radius 1 is 1.30 bits per heavy atom. The van der Waals surface area contributed by atoms with E-state index in [1.165, 1.54) is 23.1 Å². The lowest BCUT2D eigenvalue weighted by atomic mass is 10.1. The molecule has 1 aromatic carbocycles. The van der Waals surface area contributed by atoms with Crippen molar-refractivity contribution in [2.24, 2.45) is 0 Å². The molecule has 1 atom stereocenters. The standard InChI is InChI=1S/C18H22N2O7/c1-18(2,3)27-17(23)19-9-5-8-14(19)16(22)26-11-15(21)12-6-4-7-13(10-12)20(24)25/h4,6-7,10,14H,5,8-9,11H2,1-3H3/t14-/m1/s1. The number of ketones is 1. The number of rotatable bonds is 5. The fourth-order valence-corrected chi connectivity index (χ4v) is 2.66. The molecule has 0 saturated carbocycles. The maximum absolute atomic E-state index is 12.3. The van der Waals surface area contributed by atoms with Crippen LogP contribution in [0.5, 0.6) is 0 Å². The van der Waals surface area contributed by atoms with Crippen LogP contribution in [0.1, 0.15) is 44.0 Å². The SMILES string of the molecule is CC(C)(C)OC(=O)N1CCC[C@@H]1C(=O)OCC(=O)c1cccc([N+](=O)[O-])c1. The first-order chi connectivity index (χ1) is 12.6. The lowest BCUT2D eigenvalue weighted by Gasteiger charge is -2.27. The van der Waals surface area contributed by atoms with Crippen molar-refractivity contribution >= 4 is 23.5 Å². The number of non-ortho nitro benzene ring substituents is 1. The van der Waals surface area contributed by atoms with Crippen LogP contribution in [0.4, 0.5) is 10.5 Å². The van der Waals surface area contributed by atoms with Gasteiger partial charge in [0.1, 0.15) is 11.6 Å². The highest BCUT2D eigenvalue weighted by Crippen LogP contribution is 2.22. The van der Waals surface area contributed by atoms with Gasteiger partial charge in [0.2, 0.25) is 5.78 Å². The summed E-state index contributed by atoms with van der Waals surface area (Å²) in [5.74, 6) is -1.26. The zero-order valence-electron chi connectivity index (χ0n) is 15.5. The van der Waals surface area contributed by atoms with Gasteiger partial charge in [0.05, 0.1) is 4.92 Å². The topological polar surface area (TPSA) is 116 Å². The number of nitro groups is 1. The number of esters is 1. The molecule has 2 rings (SSSR count). The van der Waals surface area contributed by atoms with Gasteiger partial charge in [-0.25, -0.2) is 9.59 Å². The number of Topliss-reactive ketones (excluding diaryl/α,β-unsaturated/α-hetero) is 1. The molecule has 1 saturated heterocycles. The third-order valence-electron chi connectivity index (χ3n) is 3.88. The first kappa shape index (κ1) is 20.3. The van der Waals surface area contributed by atoms with Crippen LogP contribution in [0.15, 0.2) is 24.3 Å². The van der Waals surface area contributed by atoms with Crippen LogP contribution in [0.3, 0.4) is 0 Å². The number of likely N-dealkylation sites (tertiary alicyclic amines) is 1. The molecule has 0 aliphatic carbocycles. The number of benzene rings is 1. The second-order valence-electron chi connectivity index (χ2n) is 7.17. The highest BCUT2D eigenvalue weighted by atomic mass is 16.6. The van der Waals surface area contributed by atoms with Crippen molar-refractivity contribution in [3.8, 4) is 0 Å². The molecule has 1 amide bonds. The van der Waals surface area contributed by atoms with Gasteiger partial charge in [-0.1, -0.05) is 12.1 Å². The number of carbonyl (C=O) groups is 3. The minimum atomic E-state index is -0.808. The van der Waals surface area contributed by atoms with Crippen LogP contribution in [0.2, 0.25) is 0 Å². The summed E-state index contributed by atoms with van der Waals surface area (Å²) in [5, 5.41) is 10.8. The molecule has 27 heavy (non-hydrogen) atoms. The fraction of sp³-hybridized carbons (Fsp3) is 0.500. The van der Waals surface area contributed by atoms with Crippen LogP contribution < -0.4 is 0 Å². The molecule has 1 aliphatic rings. The number of hydrogen-bond donors (Lipinski definition) is 0. The van der Waals surface area contributed by atoms with E-state index < -0.39 is 41.0 Å². The van der Waals surface area contributed by atoms with Gasteiger partial charge in [0.25, 0.3) is 5.69 Å². The van der Waals surface area contributed by atoms with Crippen molar-refractivity contribution in [3.05, 3.63) is 39.9 Å². The van der Waals surface area contributed by atoms with Gasteiger partial charge >= 0.3 is 12.1 Å². The Labute approximate surface area is 156 Å². The fourth-order valence-electron chi connectivity index (χ4n) is 2.66. The highest BCUT2D eigenvalue weighted by Gasteiger charge is 2.37. The lowest BCUT2D eigenvalue weighted by Crippen LogP contribution is -2.44. The van der Waals surface area contributed by atoms with E-state index in [4.69, 9.17) is 9.47 Å². The smallest absolute Gasteiger partial charge is 0.411 e. The van der Waals surface area contributed by atoms with Crippen LogP contribution in [0.25, 0.3) is 0 Å². The molecular formula is C18H22N2O7. The maximum Gasteiger partial charge on any atom is 0.411 e. The second kappa shape index (κ2) is 8.15. The van der Waals surface area contributed by atoms with Gasteiger partial charge in [-0.15, -0.1) is 0 Å². The number of nitrogens with zero attached hydrogens (tertiary/aromatic N) is 2. The van der Waals surface area contributed by atoms with Crippen LogP contribution in [0, 0.1) is 10.1 Å². The Balaban J connectivity index is 1.96. The average molecular weight is 378 g/mol. The molecule has 1 fully saturated rings. The summed E-state index contributed by atoms with van der Waals surface area (Å²) in [6.07, 6.45) is 0.438. The zero-order chi connectivity index (χ0) is 20.2. The summed E-state index contributed by atoms with van der Waals surface area (Å²) in [4.78, 5) is 48.1. The first-order valence-electron chi connectivity index (χ1n) is 8.52. The Hall–Kier alpha value is -2.97. The third kappa shape index (κ3) is 5.50. The van der Waals surface area contributed by atoms with E-state index >= 15 is 0 Å². The Morgan fingerprint density at radius 2 is 2.00 bits per heavy atom. The number of hydrogen-bond acceptors (Lipinski definition) is 7. The van der Waals surface area contributed by atoms with E-state index in [9.17, 15) is 24.5 Å². The zero-order valence-corrected chi connectivity index (χ0v) is 15.5. The summed E-state index contributed by atoms with van der Waals surface area (Å²) in [6, 6.07) is 4.37. The van der Waals surface area contributed by atoms with Crippen LogP contribution >= 0.6 is 0 Å². The lowest BCUT2D eigenvalue weighted by molar-refractivity contribution is -0.384. The molecule has 0 unspecified atom stereocenters. The van der Waals surface area contributed by atoms with Gasteiger partial charge in [-0.05, 0) is 33.6 Å². The Morgan fingerprint density at radius 3 is 2.63 bits per heavy atom. The molecule has 0 aromatic heterocycles. The molecule has 1 heterocycles. The normalized spacial score (nSPS) is 16.7. The summed E-state index contributed by atoms with van der Waals surface area (Å²) < 4.78 is 10.3. The molecular weight excluding hydrogens is 356 g/mol. The molecule has 146 valence electrons.